The minimum absolute atomic E-state index is 0.512. The van der Waals surface area contributed by atoms with Crippen molar-refractivity contribution in [3.63, 3.8) is 0 Å². The predicted molar refractivity (Wildman–Crippen MR) is 50.1 cm³/mol. The Hall–Kier alpha value is -0.130. The Morgan fingerprint density at radius 1 is 1.33 bits per heavy atom. The average Bonchev–Trinajstić information content (AvgIpc) is 1.85. The molecule has 0 atom stereocenters. The number of hydrogen-bond donors (Lipinski definition) is 1. The molecule has 0 bridgehead atoms. The molecular formula is C7H18N2O2S. The lowest BCUT2D eigenvalue weighted by Crippen LogP contribution is -2.36. The van der Waals surface area contributed by atoms with Crippen LogP contribution in [-0.2, 0) is 10.2 Å². The summed E-state index contributed by atoms with van der Waals surface area (Å²) in [6.07, 6.45) is 0.868. The summed E-state index contributed by atoms with van der Waals surface area (Å²) in [4.78, 5) is 0. The van der Waals surface area contributed by atoms with Crippen LogP contribution >= 0.6 is 0 Å². The standard InChI is InChI=1S/C7H18N2O2S/c1-7(2)5-6-8-12(10,11)9(3)4/h7-8H,5-6H2,1-4H3. The van der Waals surface area contributed by atoms with Crippen molar-refractivity contribution >= 4 is 10.2 Å². The van der Waals surface area contributed by atoms with Gasteiger partial charge in [0.15, 0.2) is 0 Å². The molecule has 0 aliphatic rings. The topological polar surface area (TPSA) is 49.4 Å². The first-order valence-corrected chi connectivity index (χ1v) is 5.47. The molecule has 0 aromatic rings. The summed E-state index contributed by atoms with van der Waals surface area (Å²) >= 11 is 0. The van der Waals surface area contributed by atoms with Gasteiger partial charge < -0.3 is 0 Å². The Labute approximate surface area is 75.1 Å². The third-order valence-corrected chi connectivity index (χ3v) is 3.02. The van der Waals surface area contributed by atoms with E-state index in [2.05, 4.69) is 18.6 Å². The summed E-state index contributed by atoms with van der Waals surface area (Å²) in [5.74, 6) is 0.523. The van der Waals surface area contributed by atoms with Crippen LogP contribution in [-0.4, -0.2) is 33.4 Å². The third-order valence-electron chi connectivity index (χ3n) is 1.49. The highest BCUT2D eigenvalue weighted by Crippen LogP contribution is 1.97. The van der Waals surface area contributed by atoms with Gasteiger partial charge in [-0.3, -0.25) is 0 Å². The summed E-state index contributed by atoms with van der Waals surface area (Å²) in [5, 5.41) is 0. The Morgan fingerprint density at radius 3 is 2.17 bits per heavy atom. The van der Waals surface area contributed by atoms with Crippen molar-refractivity contribution in [3.8, 4) is 0 Å². The molecule has 0 spiro atoms. The van der Waals surface area contributed by atoms with Crippen LogP contribution in [0.2, 0.25) is 0 Å². The van der Waals surface area contributed by atoms with Crippen LogP contribution < -0.4 is 4.72 Å². The van der Waals surface area contributed by atoms with E-state index >= 15 is 0 Å². The lowest BCUT2D eigenvalue weighted by atomic mass is 10.1. The quantitative estimate of drug-likeness (QED) is 0.690. The molecule has 5 heteroatoms. The maximum atomic E-state index is 11.1. The van der Waals surface area contributed by atoms with E-state index in [0.717, 1.165) is 6.42 Å². The summed E-state index contributed by atoms with van der Waals surface area (Å²) in [6, 6.07) is 0. The number of nitrogens with zero attached hydrogens (tertiary/aromatic N) is 1. The first-order valence-electron chi connectivity index (χ1n) is 4.03. The van der Waals surface area contributed by atoms with Gasteiger partial charge in [0.1, 0.15) is 0 Å². The van der Waals surface area contributed by atoms with E-state index in [1.54, 1.807) is 0 Å². The molecule has 0 saturated heterocycles. The Bertz CT molecular complexity index is 209. The smallest absolute Gasteiger partial charge is 0.202 e. The van der Waals surface area contributed by atoms with Crippen LogP contribution in [0.1, 0.15) is 20.3 Å². The van der Waals surface area contributed by atoms with E-state index in [4.69, 9.17) is 0 Å². The average molecular weight is 194 g/mol. The molecule has 74 valence electrons. The molecule has 12 heavy (non-hydrogen) atoms. The molecule has 0 radical (unpaired) electrons. The molecule has 0 aromatic carbocycles. The first kappa shape index (κ1) is 11.9. The molecule has 0 aromatic heterocycles. The number of hydrogen-bond acceptors (Lipinski definition) is 2. The zero-order valence-electron chi connectivity index (χ0n) is 8.16. The van der Waals surface area contributed by atoms with Crippen molar-refractivity contribution in [1.82, 2.24) is 9.03 Å². The minimum atomic E-state index is -3.21. The van der Waals surface area contributed by atoms with Gasteiger partial charge in [-0.25, -0.2) is 4.72 Å². The maximum Gasteiger partial charge on any atom is 0.278 e. The van der Waals surface area contributed by atoms with Gasteiger partial charge in [0.05, 0.1) is 0 Å². The zero-order chi connectivity index (χ0) is 9.78. The summed E-state index contributed by atoms with van der Waals surface area (Å²) < 4.78 is 25.9. The van der Waals surface area contributed by atoms with E-state index in [-0.39, 0.29) is 0 Å². The molecule has 0 aliphatic heterocycles. The second-order valence-corrected chi connectivity index (χ2v) is 5.33. The van der Waals surface area contributed by atoms with Crippen molar-refractivity contribution < 1.29 is 8.42 Å². The number of rotatable bonds is 5. The van der Waals surface area contributed by atoms with Crippen molar-refractivity contribution in [2.75, 3.05) is 20.6 Å². The van der Waals surface area contributed by atoms with Crippen LogP contribution in [0.15, 0.2) is 0 Å². The highest BCUT2D eigenvalue weighted by molar-refractivity contribution is 7.87. The van der Waals surface area contributed by atoms with Crippen LogP contribution in [0.5, 0.6) is 0 Å². The van der Waals surface area contributed by atoms with E-state index in [9.17, 15) is 8.42 Å². The Balaban J connectivity index is 3.79. The second kappa shape index (κ2) is 4.79. The fourth-order valence-electron chi connectivity index (χ4n) is 0.606. The number of nitrogens with one attached hydrogen (secondary N) is 1. The summed E-state index contributed by atoms with van der Waals surface area (Å²) in [5.41, 5.74) is 0. The highest BCUT2D eigenvalue weighted by atomic mass is 32.2. The van der Waals surface area contributed by atoms with Gasteiger partial charge >= 0.3 is 0 Å². The van der Waals surface area contributed by atoms with Crippen molar-refractivity contribution in [1.29, 1.82) is 0 Å². The van der Waals surface area contributed by atoms with Crippen LogP contribution in [0.3, 0.4) is 0 Å². The lowest BCUT2D eigenvalue weighted by Gasteiger charge is -2.12. The van der Waals surface area contributed by atoms with E-state index in [1.807, 2.05) is 0 Å². The molecule has 0 heterocycles. The SMILES string of the molecule is CC(C)CCNS(=O)(=O)N(C)C. The van der Waals surface area contributed by atoms with Crippen LogP contribution in [0.4, 0.5) is 0 Å². The van der Waals surface area contributed by atoms with Crippen molar-refractivity contribution in [2.24, 2.45) is 5.92 Å². The molecular weight excluding hydrogens is 176 g/mol. The predicted octanol–water partition coefficient (Wildman–Crippen LogP) is 0.429. The fourth-order valence-corrected chi connectivity index (χ4v) is 1.24. The fraction of sp³-hybridized carbons (Fsp3) is 1.00. The van der Waals surface area contributed by atoms with Gasteiger partial charge in [-0.2, -0.15) is 12.7 Å². The normalized spacial score (nSPS) is 12.8. The Morgan fingerprint density at radius 2 is 1.83 bits per heavy atom. The molecule has 4 nitrogen and oxygen atoms in total. The van der Waals surface area contributed by atoms with Crippen LogP contribution in [0.25, 0.3) is 0 Å². The molecule has 0 unspecified atom stereocenters. The largest absolute Gasteiger partial charge is 0.278 e. The van der Waals surface area contributed by atoms with Crippen molar-refractivity contribution in [3.05, 3.63) is 0 Å². The molecule has 0 amide bonds. The molecule has 0 rings (SSSR count). The van der Waals surface area contributed by atoms with Gasteiger partial charge in [0.2, 0.25) is 0 Å². The van der Waals surface area contributed by atoms with Gasteiger partial charge in [0.25, 0.3) is 10.2 Å². The first-order chi connectivity index (χ1) is 5.36. The van der Waals surface area contributed by atoms with Crippen molar-refractivity contribution in [2.45, 2.75) is 20.3 Å². The highest BCUT2D eigenvalue weighted by Gasteiger charge is 2.11. The van der Waals surface area contributed by atoms with Gasteiger partial charge in [-0.05, 0) is 12.3 Å². The maximum absolute atomic E-state index is 11.1. The van der Waals surface area contributed by atoms with Gasteiger partial charge in [0, 0.05) is 20.6 Å². The van der Waals surface area contributed by atoms with E-state index < -0.39 is 10.2 Å². The summed E-state index contributed by atoms with van der Waals surface area (Å²) in [6.45, 7) is 4.63. The monoisotopic (exact) mass is 194 g/mol. The van der Waals surface area contributed by atoms with Gasteiger partial charge in [-0.15, -0.1) is 0 Å². The lowest BCUT2D eigenvalue weighted by molar-refractivity contribution is 0.495. The minimum Gasteiger partial charge on any atom is -0.202 e. The summed E-state index contributed by atoms with van der Waals surface area (Å²) in [7, 11) is -0.187. The van der Waals surface area contributed by atoms with Crippen LogP contribution in [0, 0.1) is 5.92 Å². The third kappa shape index (κ3) is 4.69. The van der Waals surface area contributed by atoms with E-state index in [0.29, 0.717) is 12.5 Å². The van der Waals surface area contributed by atoms with Gasteiger partial charge in [-0.1, -0.05) is 13.8 Å². The second-order valence-electron chi connectivity index (χ2n) is 3.36. The molecule has 0 saturated carbocycles. The zero-order valence-corrected chi connectivity index (χ0v) is 8.98. The Kier molecular flexibility index (Phi) is 4.74. The molecule has 0 aliphatic carbocycles. The molecule has 0 fully saturated rings. The molecule has 1 N–H and O–H groups in total. The van der Waals surface area contributed by atoms with E-state index in [1.165, 1.54) is 18.4 Å².